The topological polar surface area (TPSA) is 84.1 Å². The highest BCUT2D eigenvalue weighted by Crippen LogP contribution is 2.21. The van der Waals surface area contributed by atoms with Crippen LogP contribution in [0.3, 0.4) is 0 Å². The molecule has 1 rings (SSSR count). The molecule has 0 spiro atoms. The Balaban J connectivity index is 2.66. The monoisotopic (exact) mass is 272 g/mol. The van der Waals surface area contributed by atoms with Crippen molar-refractivity contribution in [2.45, 2.75) is 33.1 Å². The van der Waals surface area contributed by atoms with Crippen LogP contribution in [0.15, 0.2) is 0 Å². The summed E-state index contributed by atoms with van der Waals surface area (Å²) in [6.07, 6.45) is 2.93. The molecule has 0 aliphatic carbocycles. The van der Waals surface area contributed by atoms with E-state index in [0.717, 1.165) is 25.8 Å². The highest BCUT2D eigenvalue weighted by Gasteiger charge is 2.11. The number of nitrogens with two attached hydrogens (primary N) is 1. The number of rotatable bonds is 7. The number of halogens is 1. The standard InChI is InChI=1S/C12H21ClN4O/c1-3-4-9(5-6-18)7-15-11-10(14)8(2)16-12(13)17-11/h9,18H,3-7,14H2,1-2H3,(H,15,16,17). The van der Waals surface area contributed by atoms with Gasteiger partial charge in [0.2, 0.25) is 5.28 Å². The lowest BCUT2D eigenvalue weighted by atomic mass is 10.0. The molecular formula is C12H21ClN4O. The van der Waals surface area contributed by atoms with E-state index in [9.17, 15) is 0 Å². The van der Waals surface area contributed by atoms with Gasteiger partial charge in [-0.15, -0.1) is 0 Å². The average Bonchev–Trinajstić information content (AvgIpc) is 2.32. The third-order valence-corrected chi connectivity index (χ3v) is 3.07. The number of aromatic nitrogens is 2. The maximum absolute atomic E-state index is 9.00. The summed E-state index contributed by atoms with van der Waals surface area (Å²) in [6.45, 7) is 4.85. The van der Waals surface area contributed by atoms with Gasteiger partial charge in [-0.3, -0.25) is 0 Å². The molecule has 0 saturated heterocycles. The smallest absolute Gasteiger partial charge is 0.224 e. The van der Waals surface area contributed by atoms with Gasteiger partial charge in [-0.05, 0) is 37.3 Å². The molecule has 0 saturated carbocycles. The van der Waals surface area contributed by atoms with Gasteiger partial charge in [0, 0.05) is 13.2 Å². The van der Waals surface area contributed by atoms with E-state index in [1.165, 1.54) is 0 Å². The van der Waals surface area contributed by atoms with Crippen molar-refractivity contribution in [1.82, 2.24) is 9.97 Å². The first-order valence-electron chi connectivity index (χ1n) is 6.22. The van der Waals surface area contributed by atoms with Crippen LogP contribution in [0.1, 0.15) is 31.9 Å². The number of nitrogens with one attached hydrogen (secondary N) is 1. The van der Waals surface area contributed by atoms with Gasteiger partial charge in [0.05, 0.1) is 11.4 Å². The predicted octanol–water partition coefficient (Wildman–Crippen LogP) is 2.23. The zero-order valence-electron chi connectivity index (χ0n) is 10.9. The van der Waals surface area contributed by atoms with Crippen LogP contribution in [0.4, 0.5) is 11.5 Å². The zero-order valence-corrected chi connectivity index (χ0v) is 11.7. The minimum Gasteiger partial charge on any atom is -0.396 e. The second-order valence-electron chi connectivity index (χ2n) is 4.39. The van der Waals surface area contributed by atoms with Crippen LogP contribution >= 0.6 is 11.6 Å². The Labute approximate surface area is 113 Å². The first-order valence-corrected chi connectivity index (χ1v) is 6.60. The molecule has 5 nitrogen and oxygen atoms in total. The fourth-order valence-electron chi connectivity index (χ4n) is 1.86. The van der Waals surface area contributed by atoms with Crippen LogP contribution in [0.5, 0.6) is 0 Å². The summed E-state index contributed by atoms with van der Waals surface area (Å²) in [5.41, 5.74) is 7.09. The predicted molar refractivity (Wildman–Crippen MR) is 74.8 cm³/mol. The summed E-state index contributed by atoms with van der Waals surface area (Å²) in [5, 5.41) is 12.4. The van der Waals surface area contributed by atoms with Gasteiger partial charge in [0.1, 0.15) is 0 Å². The SMILES string of the molecule is CCCC(CCO)CNc1nc(Cl)nc(C)c1N. The molecular weight excluding hydrogens is 252 g/mol. The van der Waals surface area contributed by atoms with Crippen molar-refractivity contribution in [3.8, 4) is 0 Å². The second kappa shape index (κ2) is 7.38. The van der Waals surface area contributed by atoms with Crippen molar-refractivity contribution < 1.29 is 5.11 Å². The van der Waals surface area contributed by atoms with E-state index in [0.29, 0.717) is 23.1 Å². The van der Waals surface area contributed by atoms with Gasteiger partial charge < -0.3 is 16.2 Å². The normalized spacial score (nSPS) is 12.4. The molecule has 18 heavy (non-hydrogen) atoms. The van der Waals surface area contributed by atoms with E-state index in [-0.39, 0.29) is 11.9 Å². The highest BCUT2D eigenvalue weighted by atomic mass is 35.5. The van der Waals surface area contributed by atoms with Crippen LogP contribution in [0.2, 0.25) is 5.28 Å². The molecule has 1 heterocycles. The fourth-order valence-corrected chi connectivity index (χ4v) is 2.07. The molecule has 102 valence electrons. The Bertz CT molecular complexity index is 381. The lowest BCUT2D eigenvalue weighted by molar-refractivity contribution is 0.255. The number of aliphatic hydroxyl groups is 1. The van der Waals surface area contributed by atoms with Gasteiger partial charge in [0.25, 0.3) is 0 Å². The van der Waals surface area contributed by atoms with Crippen molar-refractivity contribution in [1.29, 1.82) is 0 Å². The van der Waals surface area contributed by atoms with Crippen LogP contribution in [-0.4, -0.2) is 28.2 Å². The summed E-state index contributed by atoms with van der Waals surface area (Å²) in [5.74, 6) is 0.986. The second-order valence-corrected chi connectivity index (χ2v) is 4.73. The summed E-state index contributed by atoms with van der Waals surface area (Å²) in [6, 6.07) is 0. The molecule has 0 aliphatic rings. The first kappa shape index (κ1) is 15.0. The van der Waals surface area contributed by atoms with Gasteiger partial charge in [0.15, 0.2) is 5.82 Å². The number of hydrogen-bond acceptors (Lipinski definition) is 5. The third kappa shape index (κ3) is 4.31. The maximum atomic E-state index is 9.00. The van der Waals surface area contributed by atoms with E-state index in [4.69, 9.17) is 22.4 Å². The Hall–Kier alpha value is -1.07. The maximum Gasteiger partial charge on any atom is 0.224 e. The Kier molecular flexibility index (Phi) is 6.15. The summed E-state index contributed by atoms with van der Waals surface area (Å²) < 4.78 is 0. The zero-order chi connectivity index (χ0) is 13.5. The number of nitrogens with zero attached hydrogens (tertiary/aromatic N) is 2. The third-order valence-electron chi connectivity index (χ3n) is 2.90. The minimum absolute atomic E-state index is 0.193. The van der Waals surface area contributed by atoms with E-state index in [1.807, 2.05) is 0 Å². The largest absolute Gasteiger partial charge is 0.396 e. The van der Waals surface area contributed by atoms with Gasteiger partial charge in [-0.2, -0.15) is 4.98 Å². The molecule has 0 fully saturated rings. The van der Waals surface area contributed by atoms with Crippen LogP contribution in [-0.2, 0) is 0 Å². The van der Waals surface area contributed by atoms with Crippen LogP contribution < -0.4 is 11.1 Å². The molecule has 1 unspecified atom stereocenters. The highest BCUT2D eigenvalue weighted by molar-refractivity contribution is 6.28. The quantitative estimate of drug-likeness (QED) is 0.663. The lowest BCUT2D eigenvalue weighted by Gasteiger charge is -2.17. The van der Waals surface area contributed by atoms with Crippen molar-refractivity contribution in [3.63, 3.8) is 0 Å². The number of hydrogen-bond donors (Lipinski definition) is 3. The van der Waals surface area contributed by atoms with Gasteiger partial charge >= 0.3 is 0 Å². The van der Waals surface area contributed by atoms with Crippen molar-refractivity contribution in [2.24, 2.45) is 5.92 Å². The van der Waals surface area contributed by atoms with E-state index in [1.54, 1.807) is 6.92 Å². The Morgan fingerprint density at radius 1 is 1.39 bits per heavy atom. The molecule has 0 amide bonds. The van der Waals surface area contributed by atoms with E-state index >= 15 is 0 Å². The van der Waals surface area contributed by atoms with Crippen molar-refractivity contribution >= 4 is 23.1 Å². The molecule has 0 radical (unpaired) electrons. The van der Waals surface area contributed by atoms with Crippen LogP contribution in [0.25, 0.3) is 0 Å². The molecule has 0 aromatic carbocycles. The number of nitrogen functional groups attached to an aromatic ring is 1. The molecule has 1 aromatic heterocycles. The van der Waals surface area contributed by atoms with E-state index in [2.05, 4.69) is 22.2 Å². The number of anilines is 2. The molecule has 6 heteroatoms. The Morgan fingerprint density at radius 2 is 2.11 bits per heavy atom. The number of aryl methyl sites for hydroxylation is 1. The fraction of sp³-hybridized carbons (Fsp3) is 0.667. The molecule has 0 bridgehead atoms. The summed E-state index contributed by atoms with van der Waals surface area (Å²) in [7, 11) is 0. The summed E-state index contributed by atoms with van der Waals surface area (Å²) in [4.78, 5) is 8.06. The van der Waals surface area contributed by atoms with Crippen molar-refractivity contribution in [2.75, 3.05) is 24.2 Å². The lowest BCUT2D eigenvalue weighted by Crippen LogP contribution is -2.17. The van der Waals surface area contributed by atoms with Gasteiger partial charge in [-0.25, -0.2) is 4.98 Å². The van der Waals surface area contributed by atoms with Gasteiger partial charge in [-0.1, -0.05) is 13.3 Å². The number of aliphatic hydroxyl groups excluding tert-OH is 1. The minimum atomic E-state index is 0.193. The Morgan fingerprint density at radius 3 is 2.72 bits per heavy atom. The first-order chi connectivity index (χ1) is 8.58. The summed E-state index contributed by atoms with van der Waals surface area (Å²) >= 11 is 5.80. The molecule has 4 N–H and O–H groups in total. The molecule has 0 aliphatic heterocycles. The van der Waals surface area contributed by atoms with Crippen LogP contribution in [0, 0.1) is 12.8 Å². The van der Waals surface area contributed by atoms with Crippen molar-refractivity contribution in [3.05, 3.63) is 11.0 Å². The average molecular weight is 273 g/mol. The molecule has 1 atom stereocenters. The van der Waals surface area contributed by atoms with E-state index < -0.39 is 0 Å². The molecule has 1 aromatic rings.